The van der Waals surface area contributed by atoms with Crippen LogP contribution in [0.5, 0.6) is 11.5 Å². The third-order valence-electron chi connectivity index (χ3n) is 3.75. The Kier molecular flexibility index (Phi) is 4.36. The Hall–Kier alpha value is -1.65. The van der Waals surface area contributed by atoms with Crippen molar-refractivity contribution < 1.29 is 9.84 Å². The number of thioether (sulfide) groups is 1. The molecule has 0 fully saturated rings. The molecule has 2 aromatic rings. The highest BCUT2D eigenvalue weighted by Crippen LogP contribution is 2.36. The number of methoxy groups -OCH3 is 1. The molecule has 0 amide bonds. The van der Waals surface area contributed by atoms with Crippen LogP contribution in [-0.2, 0) is 6.54 Å². The van der Waals surface area contributed by atoms with Crippen molar-refractivity contribution in [1.82, 2.24) is 5.32 Å². The van der Waals surface area contributed by atoms with Gasteiger partial charge in [0.25, 0.3) is 0 Å². The summed E-state index contributed by atoms with van der Waals surface area (Å²) in [4.78, 5) is 1.37. The van der Waals surface area contributed by atoms with Gasteiger partial charge in [0.05, 0.1) is 7.11 Å². The monoisotopic (exact) mass is 301 g/mol. The lowest BCUT2D eigenvalue weighted by atomic mass is 10.0. The molecule has 0 radical (unpaired) electrons. The number of hydrogen-bond donors (Lipinski definition) is 2. The third kappa shape index (κ3) is 3.17. The van der Waals surface area contributed by atoms with Crippen molar-refractivity contribution in [2.45, 2.75) is 23.9 Å². The van der Waals surface area contributed by atoms with E-state index < -0.39 is 0 Å². The molecule has 1 atom stereocenters. The number of phenolic OH excluding ortho intramolecular Hbond substituents is 1. The van der Waals surface area contributed by atoms with Crippen LogP contribution in [0.25, 0.3) is 0 Å². The molecule has 1 aliphatic heterocycles. The molecule has 0 aliphatic carbocycles. The van der Waals surface area contributed by atoms with Gasteiger partial charge in [0.2, 0.25) is 0 Å². The molecule has 3 rings (SSSR count). The van der Waals surface area contributed by atoms with Crippen LogP contribution < -0.4 is 10.1 Å². The number of ether oxygens (including phenoxy) is 1. The summed E-state index contributed by atoms with van der Waals surface area (Å²) >= 11 is 1.92. The topological polar surface area (TPSA) is 41.5 Å². The fourth-order valence-corrected chi connectivity index (χ4v) is 3.77. The molecule has 0 bridgehead atoms. The van der Waals surface area contributed by atoms with Crippen LogP contribution in [0.2, 0.25) is 0 Å². The summed E-state index contributed by atoms with van der Waals surface area (Å²) in [6.07, 6.45) is 1.13. The summed E-state index contributed by atoms with van der Waals surface area (Å²) in [7, 11) is 1.56. The summed E-state index contributed by atoms with van der Waals surface area (Å²) in [6, 6.07) is 14.5. The minimum absolute atomic E-state index is 0.191. The van der Waals surface area contributed by atoms with E-state index in [1.165, 1.54) is 10.5 Å². The van der Waals surface area contributed by atoms with E-state index >= 15 is 0 Å². The maximum Gasteiger partial charge on any atom is 0.160 e. The lowest BCUT2D eigenvalue weighted by Crippen LogP contribution is -2.24. The highest BCUT2D eigenvalue weighted by Gasteiger charge is 2.19. The first kappa shape index (κ1) is 14.3. The van der Waals surface area contributed by atoms with Crippen LogP contribution in [0.3, 0.4) is 0 Å². The Morgan fingerprint density at radius 1 is 1.29 bits per heavy atom. The molecule has 1 aliphatic rings. The second-order valence-corrected chi connectivity index (χ2v) is 6.25. The first-order valence-electron chi connectivity index (χ1n) is 7.09. The Morgan fingerprint density at radius 2 is 2.14 bits per heavy atom. The van der Waals surface area contributed by atoms with E-state index in [1.54, 1.807) is 19.2 Å². The molecule has 2 aromatic carbocycles. The van der Waals surface area contributed by atoms with Gasteiger partial charge in [-0.25, -0.2) is 0 Å². The van der Waals surface area contributed by atoms with Gasteiger partial charge in [0, 0.05) is 17.5 Å². The standard InChI is InChI=1S/C17H19NO2S/c1-20-16-7-6-12(10-15(16)19)11-18-14-8-9-21-17-5-3-2-4-13(14)17/h2-7,10,14,18-19H,8-9,11H2,1H3. The molecule has 0 spiro atoms. The van der Waals surface area contributed by atoms with Crippen molar-refractivity contribution in [1.29, 1.82) is 0 Å². The highest BCUT2D eigenvalue weighted by atomic mass is 32.2. The summed E-state index contributed by atoms with van der Waals surface area (Å²) in [6.45, 7) is 0.737. The quantitative estimate of drug-likeness (QED) is 0.903. The van der Waals surface area contributed by atoms with Crippen LogP contribution in [0.1, 0.15) is 23.6 Å². The first-order valence-corrected chi connectivity index (χ1v) is 8.07. The molecule has 1 unspecified atom stereocenters. The number of fused-ring (bicyclic) bond motifs is 1. The number of phenols is 1. The van der Waals surface area contributed by atoms with Gasteiger partial charge in [-0.1, -0.05) is 24.3 Å². The fourth-order valence-electron chi connectivity index (χ4n) is 2.64. The highest BCUT2D eigenvalue weighted by molar-refractivity contribution is 7.99. The van der Waals surface area contributed by atoms with Gasteiger partial charge >= 0.3 is 0 Å². The van der Waals surface area contributed by atoms with Crippen LogP contribution in [0.15, 0.2) is 47.4 Å². The number of benzene rings is 2. The maximum atomic E-state index is 9.83. The van der Waals surface area contributed by atoms with Crippen molar-refractivity contribution in [2.75, 3.05) is 12.9 Å². The van der Waals surface area contributed by atoms with Crippen LogP contribution >= 0.6 is 11.8 Å². The summed E-state index contributed by atoms with van der Waals surface area (Å²) in [5, 5.41) is 13.4. The number of rotatable bonds is 4. The average molecular weight is 301 g/mol. The second kappa shape index (κ2) is 6.41. The zero-order valence-corrected chi connectivity index (χ0v) is 12.8. The molecule has 2 N–H and O–H groups in total. The minimum Gasteiger partial charge on any atom is -0.504 e. The Labute approximate surface area is 129 Å². The Bertz CT molecular complexity index is 630. The van der Waals surface area contributed by atoms with Crippen LogP contribution in [-0.4, -0.2) is 18.0 Å². The predicted octanol–water partition coefficient (Wildman–Crippen LogP) is 3.73. The van der Waals surface area contributed by atoms with E-state index in [1.807, 2.05) is 17.8 Å². The molecule has 110 valence electrons. The molecule has 1 heterocycles. The van der Waals surface area contributed by atoms with Gasteiger partial charge in [-0.2, -0.15) is 0 Å². The van der Waals surface area contributed by atoms with E-state index in [2.05, 4.69) is 29.6 Å². The fraction of sp³-hybridized carbons (Fsp3) is 0.294. The Balaban J connectivity index is 1.70. The SMILES string of the molecule is COc1ccc(CNC2CCSc3ccccc32)cc1O. The van der Waals surface area contributed by atoms with E-state index in [9.17, 15) is 5.11 Å². The largest absolute Gasteiger partial charge is 0.504 e. The normalized spacial score (nSPS) is 17.3. The van der Waals surface area contributed by atoms with Crippen LogP contribution in [0, 0.1) is 0 Å². The summed E-state index contributed by atoms with van der Waals surface area (Å²) in [5.74, 6) is 1.84. The summed E-state index contributed by atoms with van der Waals surface area (Å²) < 4.78 is 5.07. The summed E-state index contributed by atoms with van der Waals surface area (Å²) in [5.41, 5.74) is 2.44. The number of aromatic hydroxyl groups is 1. The van der Waals surface area contributed by atoms with Gasteiger partial charge in [-0.15, -0.1) is 11.8 Å². The molecular weight excluding hydrogens is 282 g/mol. The zero-order chi connectivity index (χ0) is 14.7. The number of nitrogens with one attached hydrogen (secondary N) is 1. The van der Waals surface area contributed by atoms with Crippen molar-refractivity contribution in [3.63, 3.8) is 0 Å². The lowest BCUT2D eigenvalue weighted by Gasteiger charge is -2.26. The van der Waals surface area contributed by atoms with Gasteiger partial charge in [-0.05, 0) is 41.5 Å². The minimum atomic E-state index is 0.191. The van der Waals surface area contributed by atoms with Crippen molar-refractivity contribution in [3.05, 3.63) is 53.6 Å². The van der Waals surface area contributed by atoms with Gasteiger partial charge in [-0.3, -0.25) is 0 Å². The van der Waals surface area contributed by atoms with Crippen molar-refractivity contribution >= 4 is 11.8 Å². The van der Waals surface area contributed by atoms with E-state index in [-0.39, 0.29) is 5.75 Å². The molecular formula is C17H19NO2S. The molecule has 3 nitrogen and oxygen atoms in total. The predicted molar refractivity (Wildman–Crippen MR) is 86.0 cm³/mol. The van der Waals surface area contributed by atoms with E-state index in [0.717, 1.165) is 24.3 Å². The van der Waals surface area contributed by atoms with Gasteiger partial charge in [0.15, 0.2) is 11.5 Å². The zero-order valence-electron chi connectivity index (χ0n) is 12.0. The first-order chi connectivity index (χ1) is 10.3. The molecule has 0 saturated heterocycles. The second-order valence-electron chi connectivity index (χ2n) is 5.11. The van der Waals surface area contributed by atoms with Crippen LogP contribution in [0.4, 0.5) is 0 Å². The lowest BCUT2D eigenvalue weighted by molar-refractivity contribution is 0.372. The van der Waals surface area contributed by atoms with E-state index in [4.69, 9.17) is 4.74 Å². The molecule has 21 heavy (non-hydrogen) atoms. The van der Waals surface area contributed by atoms with Crippen molar-refractivity contribution in [3.8, 4) is 11.5 Å². The van der Waals surface area contributed by atoms with Crippen molar-refractivity contribution in [2.24, 2.45) is 0 Å². The average Bonchev–Trinajstić information content (AvgIpc) is 2.53. The maximum absolute atomic E-state index is 9.83. The molecule has 0 aromatic heterocycles. The molecule has 0 saturated carbocycles. The van der Waals surface area contributed by atoms with E-state index in [0.29, 0.717) is 11.8 Å². The van der Waals surface area contributed by atoms with Gasteiger partial charge in [0.1, 0.15) is 0 Å². The molecule has 4 heteroatoms. The smallest absolute Gasteiger partial charge is 0.160 e. The third-order valence-corrected chi connectivity index (χ3v) is 4.88. The van der Waals surface area contributed by atoms with Gasteiger partial charge < -0.3 is 15.2 Å². The Morgan fingerprint density at radius 3 is 2.95 bits per heavy atom. The number of hydrogen-bond acceptors (Lipinski definition) is 4.